The highest BCUT2D eigenvalue weighted by Gasteiger charge is 2.09. The molecule has 0 saturated heterocycles. The molecule has 0 fully saturated rings. The summed E-state index contributed by atoms with van der Waals surface area (Å²) in [6, 6.07) is 6.53. The molecule has 2 N–H and O–H groups in total. The molecule has 3 nitrogen and oxygen atoms in total. The van der Waals surface area contributed by atoms with E-state index in [4.69, 9.17) is 5.73 Å². The molecule has 0 radical (unpaired) electrons. The summed E-state index contributed by atoms with van der Waals surface area (Å²) in [5.41, 5.74) is 8.36. The van der Waals surface area contributed by atoms with Crippen LogP contribution in [0.1, 0.15) is 31.9 Å². The van der Waals surface area contributed by atoms with Gasteiger partial charge in [-0.1, -0.05) is 22.0 Å². The summed E-state index contributed by atoms with van der Waals surface area (Å²) in [6.45, 7) is 7.43. The normalized spacial score (nSPS) is 12.8. The van der Waals surface area contributed by atoms with E-state index in [2.05, 4.69) is 64.9 Å². The van der Waals surface area contributed by atoms with Crippen LogP contribution < -0.4 is 10.6 Å². The van der Waals surface area contributed by atoms with Crippen molar-refractivity contribution in [2.24, 2.45) is 5.73 Å². The first-order chi connectivity index (χ1) is 8.95. The van der Waals surface area contributed by atoms with E-state index in [1.807, 2.05) is 6.92 Å². The van der Waals surface area contributed by atoms with Crippen molar-refractivity contribution in [2.75, 3.05) is 38.6 Å². The quantitative estimate of drug-likeness (QED) is 0.834. The number of rotatable bonds is 7. The number of nitrogens with two attached hydrogens (primary N) is 1. The van der Waals surface area contributed by atoms with Gasteiger partial charge in [-0.3, -0.25) is 0 Å². The van der Waals surface area contributed by atoms with Crippen molar-refractivity contribution in [2.45, 2.75) is 26.3 Å². The van der Waals surface area contributed by atoms with Crippen LogP contribution in [0.3, 0.4) is 0 Å². The average Bonchev–Trinajstić information content (AvgIpc) is 2.33. The SMILES string of the molecule is CCN(CCCN(C)C)c1ccc(C(C)N)c(Br)c1. The molecule has 0 bridgehead atoms. The molecular weight excluding hydrogens is 302 g/mol. The van der Waals surface area contributed by atoms with Gasteiger partial charge in [0.1, 0.15) is 0 Å². The molecule has 1 aromatic rings. The van der Waals surface area contributed by atoms with Crippen LogP contribution in [0.15, 0.2) is 22.7 Å². The van der Waals surface area contributed by atoms with E-state index in [0.29, 0.717) is 0 Å². The number of benzene rings is 1. The molecule has 0 aromatic heterocycles. The Morgan fingerprint density at radius 3 is 2.42 bits per heavy atom. The molecule has 1 rings (SSSR count). The van der Waals surface area contributed by atoms with Gasteiger partial charge in [-0.15, -0.1) is 0 Å². The van der Waals surface area contributed by atoms with Crippen LogP contribution in [0.2, 0.25) is 0 Å². The Hall–Kier alpha value is -0.580. The fourth-order valence-corrected chi connectivity index (χ4v) is 2.86. The van der Waals surface area contributed by atoms with E-state index >= 15 is 0 Å². The molecule has 1 aromatic carbocycles. The Balaban J connectivity index is 2.73. The summed E-state index contributed by atoms with van der Waals surface area (Å²) in [7, 11) is 4.23. The van der Waals surface area contributed by atoms with Crippen molar-refractivity contribution in [1.29, 1.82) is 0 Å². The molecule has 19 heavy (non-hydrogen) atoms. The van der Waals surface area contributed by atoms with Gasteiger partial charge in [-0.05, 0) is 58.6 Å². The molecule has 1 atom stereocenters. The summed E-state index contributed by atoms with van der Waals surface area (Å²) in [5.74, 6) is 0. The van der Waals surface area contributed by atoms with Gasteiger partial charge in [0.05, 0.1) is 0 Å². The zero-order valence-electron chi connectivity index (χ0n) is 12.5. The van der Waals surface area contributed by atoms with E-state index < -0.39 is 0 Å². The minimum Gasteiger partial charge on any atom is -0.372 e. The molecule has 4 heteroatoms. The third-order valence-corrected chi connectivity index (χ3v) is 3.94. The number of hydrogen-bond acceptors (Lipinski definition) is 3. The fourth-order valence-electron chi connectivity index (χ4n) is 2.13. The summed E-state index contributed by atoms with van der Waals surface area (Å²) in [4.78, 5) is 4.63. The molecule has 108 valence electrons. The largest absolute Gasteiger partial charge is 0.372 e. The van der Waals surface area contributed by atoms with Gasteiger partial charge in [-0.25, -0.2) is 0 Å². The Labute approximate surface area is 125 Å². The van der Waals surface area contributed by atoms with Gasteiger partial charge >= 0.3 is 0 Å². The topological polar surface area (TPSA) is 32.5 Å². The molecule has 0 spiro atoms. The smallest absolute Gasteiger partial charge is 0.0377 e. The van der Waals surface area contributed by atoms with Crippen LogP contribution in [0.5, 0.6) is 0 Å². The minimum atomic E-state index is 0.0623. The lowest BCUT2D eigenvalue weighted by Gasteiger charge is -2.25. The Kier molecular flexibility index (Phi) is 6.83. The first kappa shape index (κ1) is 16.5. The van der Waals surface area contributed by atoms with E-state index in [-0.39, 0.29) is 6.04 Å². The molecule has 0 aliphatic carbocycles. The third-order valence-electron chi connectivity index (χ3n) is 3.25. The fraction of sp³-hybridized carbons (Fsp3) is 0.600. The lowest BCUT2D eigenvalue weighted by molar-refractivity contribution is 0.400. The predicted octanol–water partition coefficient (Wildman–Crippen LogP) is 3.25. The monoisotopic (exact) mass is 327 g/mol. The predicted molar refractivity (Wildman–Crippen MR) is 87.8 cm³/mol. The van der Waals surface area contributed by atoms with Crippen LogP contribution in [-0.4, -0.2) is 38.6 Å². The van der Waals surface area contributed by atoms with Crippen molar-refractivity contribution < 1.29 is 0 Å². The highest BCUT2D eigenvalue weighted by molar-refractivity contribution is 9.10. The number of hydrogen-bond donors (Lipinski definition) is 1. The van der Waals surface area contributed by atoms with Crippen LogP contribution in [0.25, 0.3) is 0 Å². The van der Waals surface area contributed by atoms with Crippen molar-refractivity contribution in [3.8, 4) is 0 Å². The van der Waals surface area contributed by atoms with E-state index in [9.17, 15) is 0 Å². The van der Waals surface area contributed by atoms with Crippen LogP contribution in [0, 0.1) is 0 Å². The van der Waals surface area contributed by atoms with Crippen molar-refractivity contribution >= 4 is 21.6 Å². The first-order valence-electron chi connectivity index (χ1n) is 6.90. The Bertz CT molecular complexity index is 391. The van der Waals surface area contributed by atoms with Gasteiger partial charge in [0.2, 0.25) is 0 Å². The van der Waals surface area contributed by atoms with Crippen molar-refractivity contribution in [3.05, 3.63) is 28.2 Å². The zero-order valence-corrected chi connectivity index (χ0v) is 14.1. The van der Waals surface area contributed by atoms with Crippen LogP contribution >= 0.6 is 15.9 Å². The molecule has 0 saturated carbocycles. The molecule has 0 heterocycles. The lowest BCUT2D eigenvalue weighted by atomic mass is 10.1. The maximum Gasteiger partial charge on any atom is 0.0377 e. The molecule has 0 aliphatic rings. The number of nitrogens with zero attached hydrogens (tertiary/aromatic N) is 2. The summed E-state index contributed by atoms with van der Waals surface area (Å²) in [5, 5.41) is 0. The second-order valence-corrected chi connectivity index (χ2v) is 6.09. The lowest BCUT2D eigenvalue weighted by Crippen LogP contribution is -2.27. The second kappa shape index (κ2) is 7.88. The standard InChI is InChI=1S/C15H26BrN3/c1-5-19(10-6-9-18(3)4)13-7-8-14(12(2)17)15(16)11-13/h7-8,11-12H,5-6,9-10,17H2,1-4H3. The second-order valence-electron chi connectivity index (χ2n) is 5.23. The Morgan fingerprint density at radius 1 is 1.26 bits per heavy atom. The zero-order chi connectivity index (χ0) is 14.4. The molecular formula is C15H26BrN3. The number of anilines is 1. The summed E-state index contributed by atoms with van der Waals surface area (Å²) in [6.07, 6.45) is 1.17. The minimum absolute atomic E-state index is 0.0623. The van der Waals surface area contributed by atoms with E-state index in [1.165, 1.54) is 12.1 Å². The van der Waals surface area contributed by atoms with E-state index in [0.717, 1.165) is 29.7 Å². The average molecular weight is 328 g/mol. The summed E-state index contributed by atoms with van der Waals surface area (Å²) < 4.78 is 1.10. The van der Waals surface area contributed by atoms with Gasteiger partial charge in [-0.2, -0.15) is 0 Å². The summed E-state index contributed by atoms with van der Waals surface area (Å²) >= 11 is 3.62. The number of halogens is 1. The van der Waals surface area contributed by atoms with Crippen molar-refractivity contribution in [1.82, 2.24) is 4.90 Å². The third kappa shape index (κ3) is 5.13. The van der Waals surface area contributed by atoms with Crippen LogP contribution in [-0.2, 0) is 0 Å². The molecule has 0 aliphatic heterocycles. The Morgan fingerprint density at radius 2 is 1.95 bits per heavy atom. The highest BCUT2D eigenvalue weighted by atomic mass is 79.9. The maximum absolute atomic E-state index is 5.94. The van der Waals surface area contributed by atoms with Gasteiger partial charge < -0.3 is 15.5 Å². The maximum atomic E-state index is 5.94. The van der Waals surface area contributed by atoms with Gasteiger partial charge in [0.25, 0.3) is 0 Å². The van der Waals surface area contributed by atoms with Gasteiger partial charge in [0.15, 0.2) is 0 Å². The van der Waals surface area contributed by atoms with E-state index in [1.54, 1.807) is 0 Å². The first-order valence-corrected chi connectivity index (χ1v) is 7.69. The van der Waals surface area contributed by atoms with Crippen molar-refractivity contribution in [3.63, 3.8) is 0 Å². The van der Waals surface area contributed by atoms with Crippen LogP contribution in [0.4, 0.5) is 5.69 Å². The highest BCUT2D eigenvalue weighted by Crippen LogP contribution is 2.27. The molecule has 1 unspecified atom stereocenters. The molecule has 0 amide bonds. The van der Waals surface area contributed by atoms with Gasteiger partial charge in [0, 0.05) is 29.3 Å².